The van der Waals surface area contributed by atoms with Gasteiger partial charge in [0.25, 0.3) is 0 Å². The van der Waals surface area contributed by atoms with E-state index < -0.39 is 30.2 Å². The van der Waals surface area contributed by atoms with Gasteiger partial charge in [-0.3, -0.25) is 19.4 Å². The minimum atomic E-state index is -1.14. The van der Waals surface area contributed by atoms with Gasteiger partial charge in [0, 0.05) is 23.5 Å². The van der Waals surface area contributed by atoms with Gasteiger partial charge in [-0.2, -0.15) is 0 Å². The third kappa shape index (κ3) is 4.74. The molecular weight excluding hydrogens is 310 g/mol. The zero-order chi connectivity index (χ0) is 17.4. The Kier molecular flexibility index (Phi) is 6.19. The molecule has 0 radical (unpaired) electrons. The second-order valence-corrected chi connectivity index (χ2v) is 4.87. The van der Waals surface area contributed by atoms with Crippen molar-refractivity contribution < 1.29 is 23.9 Å². The SMILES string of the molecule is CCOC(=O)CC(=O)OC(C(=O)c1cccnc1)c1ccccc1. The summed E-state index contributed by atoms with van der Waals surface area (Å²) >= 11 is 0. The van der Waals surface area contributed by atoms with E-state index in [1.807, 2.05) is 0 Å². The van der Waals surface area contributed by atoms with Crippen LogP contribution in [0.1, 0.15) is 35.4 Å². The van der Waals surface area contributed by atoms with Crippen molar-refractivity contribution in [3.05, 3.63) is 66.0 Å². The van der Waals surface area contributed by atoms with E-state index in [4.69, 9.17) is 9.47 Å². The molecule has 1 aromatic heterocycles. The second kappa shape index (κ2) is 8.57. The van der Waals surface area contributed by atoms with E-state index in [1.165, 1.54) is 6.20 Å². The summed E-state index contributed by atoms with van der Waals surface area (Å²) in [5.74, 6) is -1.92. The minimum Gasteiger partial charge on any atom is -0.466 e. The highest BCUT2D eigenvalue weighted by Crippen LogP contribution is 2.23. The van der Waals surface area contributed by atoms with Gasteiger partial charge in [0.05, 0.1) is 6.61 Å². The summed E-state index contributed by atoms with van der Waals surface area (Å²) in [6.45, 7) is 1.81. The van der Waals surface area contributed by atoms with Crippen molar-refractivity contribution in [2.75, 3.05) is 6.61 Å². The quantitative estimate of drug-likeness (QED) is 0.441. The molecule has 2 aromatic rings. The van der Waals surface area contributed by atoms with Crippen LogP contribution in [-0.4, -0.2) is 29.3 Å². The number of Topliss-reactive ketones (excluding diaryl/α,β-unsaturated/α-hetero) is 1. The van der Waals surface area contributed by atoms with Crippen LogP contribution in [0.3, 0.4) is 0 Å². The standard InChI is InChI=1S/C18H17NO5/c1-2-23-15(20)11-16(21)24-18(13-7-4-3-5-8-13)17(22)14-9-6-10-19-12-14/h3-10,12,18H,2,11H2,1H3. The minimum absolute atomic E-state index is 0.169. The highest BCUT2D eigenvalue weighted by atomic mass is 16.6. The third-order valence-corrected chi connectivity index (χ3v) is 3.13. The molecule has 0 aliphatic carbocycles. The molecule has 0 N–H and O–H groups in total. The molecule has 124 valence electrons. The smallest absolute Gasteiger partial charge is 0.318 e. The first-order valence-electron chi connectivity index (χ1n) is 7.46. The number of hydrogen-bond acceptors (Lipinski definition) is 6. The van der Waals surface area contributed by atoms with Crippen molar-refractivity contribution in [1.82, 2.24) is 4.98 Å². The van der Waals surface area contributed by atoms with Crippen LogP contribution in [0.4, 0.5) is 0 Å². The number of esters is 2. The van der Waals surface area contributed by atoms with Crippen molar-refractivity contribution in [2.24, 2.45) is 0 Å². The van der Waals surface area contributed by atoms with Crippen LogP contribution < -0.4 is 0 Å². The lowest BCUT2D eigenvalue weighted by atomic mass is 10.0. The highest BCUT2D eigenvalue weighted by Gasteiger charge is 2.27. The predicted molar refractivity (Wildman–Crippen MR) is 85.1 cm³/mol. The predicted octanol–water partition coefficient (Wildman–Crippen LogP) is 2.50. The Morgan fingerprint density at radius 2 is 1.79 bits per heavy atom. The average molecular weight is 327 g/mol. The lowest BCUT2D eigenvalue weighted by molar-refractivity contribution is -0.156. The molecule has 0 aliphatic rings. The molecule has 1 aromatic carbocycles. The van der Waals surface area contributed by atoms with Gasteiger partial charge in [-0.15, -0.1) is 0 Å². The molecule has 1 atom stereocenters. The summed E-state index contributed by atoms with van der Waals surface area (Å²) in [4.78, 5) is 39.9. The van der Waals surface area contributed by atoms with Gasteiger partial charge >= 0.3 is 11.9 Å². The van der Waals surface area contributed by atoms with E-state index in [2.05, 4.69) is 4.98 Å². The Hall–Kier alpha value is -3.02. The number of nitrogens with zero attached hydrogens (tertiary/aromatic N) is 1. The lowest BCUT2D eigenvalue weighted by Gasteiger charge is -2.17. The summed E-state index contributed by atoms with van der Waals surface area (Å²) < 4.78 is 9.96. The van der Waals surface area contributed by atoms with E-state index in [-0.39, 0.29) is 6.61 Å². The number of rotatable bonds is 7. The monoisotopic (exact) mass is 327 g/mol. The Morgan fingerprint density at radius 3 is 2.42 bits per heavy atom. The number of pyridine rings is 1. The number of carbonyl (C=O) groups excluding carboxylic acids is 3. The molecular formula is C18H17NO5. The maximum Gasteiger partial charge on any atom is 0.318 e. The lowest BCUT2D eigenvalue weighted by Crippen LogP contribution is -2.22. The van der Waals surface area contributed by atoms with Crippen LogP contribution in [0, 0.1) is 0 Å². The molecule has 0 amide bonds. The number of carbonyl (C=O) groups is 3. The fourth-order valence-corrected chi connectivity index (χ4v) is 2.06. The number of ether oxygens (including phenoxy) is 2. The van der Waals surface area contributed by atoms with E-state index in [1.54, 1.807) is 55.6 Å². The zero-order valence-corrected chi connectivity index (χ0v) is 13.2. The molecule has 2 rings (SSSR count). The summed E-state index contributed by atoms with van der Waals surface area (Å²) in [6, 6.07) is 11.8. The first-order valence-corrected chi connectivity index (χ1v) is 7.46. The Morgan fingerprint density at radius 1 is 1.04 bits per heavy atom. The first kappa shape index (κ1) is 17.3. The maximum absolute atomic E-state index is 12.7. The van der Waals surface area contributed by atoms with Gasteiger partial charge in [-0.25, -0.2) is 0 Å². The summed E-state index contributed by atoms with van der Waals surface area (Å²) in [5.41, 5.74) is 0.832. The maximum atomic E-state index is 12.7. The normalized spacial score (nSPS) is 11.4. The molecule has 0 saturated heterocycles. The largest absolute Gasteiger partial charge is 0.466 e. The van der Waals surface area contributed by atoms with E-state index in [9.17, 15) is 14.4 Å². The summed E-state index contributed by atoms with van der Waals surface area (Å²) in [5, 5.41) is 0. The number of benzene rings is 1. The Labute approximate surface area is 139 Å². The average Bonchev–Trinajstić information content (AvgIpc) is 2.61. The van der Waals surface area contributed by atoms with Crippen LogP contribution in [0.5, 0.6) is 0 Å². The Bertz CT molecular complexity index is 700. The van der Waals surface area contributed by atoms with Crippen molar-refractivity contribution in [3.63, 3.8) is 0 Å². The van der Waals surface area contributed by atoms with Crippen LogP contribution in [0.25, 0.3) is 0 Å². The fourth-order valence-electron chi connectivity index (χ4n) is 2.06. The van der Waals surface area contributed by atoms with E-state index in [0.29, 0.717) is 11.1 Å². The highest BCUT2D eigenvalue weighted by molar-refractivity contribution is 6.01. The summed E-state index contributed by atoms with van der Waals surface area (Å²) in [7, 11) is 0. The first-order chi connectivity index (χ1) is 11.6. The van der Waals surface area contributed by atoms with Gasteiger partial charge in [0.15, 0.2) is 6.10 Å². The molecule has 24 heavy (non-hydrogen) atoms. The molecule has 0 fully saturated rings. The van der Waals surface area contributed by atoms with E-state index in [0.717, 1.165) is 0 Å². The van der Waals surface area contributed by atoms with Gasteiger partial charge in [0.1, 0.15) is 6.42 Å². The van der Waals surface area contributed by atoms with E-state index >= 15 is 0 Å². The van der Waals surface area contributed by atoms with Crippen molar-refractivity contribution in [3.8, 4) is 0 Å². The van der Waals surface area contributed by atoms with Crippen LogP contribution in [0.15, 0.2) is 54.9 Å². The molecule has 0 spiro atoms. The molecule has 0 bridgehead atoms. The van der Waals surface area contributed by atoms with Crippen LogP contribution in [-0.2, 0) is 19.1 Å². The second-order valence-electron chi connectivity index (χ2n) is 4.87. The zero-order valence-electron chi connectivity index (χ0n) is 13.2. The van der Waals surface area contributed by atoms with Gasteiger partial charge in [-0.05, 0) is 19.1 Å². The Balaban J connectivity index is 2.20. The molecule has 0 aliphatic heterocycles. The molecule has 6 nitrogen and oxygen atoms in total. The van der Waals surface area contributed by atoms with Crippen LogP contribution >= 0.6 is 0 Å². The van der Waals surface area contributed by atoms with Gasteiger partial charge < -0.3 is 9.47 Å². The number of hydrogen-bond donors (Lipinski definition) is 0. The number of aromatic nitrogens is 1. The molecule has 1 unspecified atom stereocenters. The van der Waals surface area contributed by atoms with Gasteiger partial charge in [0.2, 0.25) is 5.78 Å². The topological polar surface area (TPSA) is 82.6 Å². The molecule has 0 saturated carbocycles. The van der Waals surface area contributed by atoms with Crippen molar-refractivity contribution in [2.45, 2.75) is 19.4 Å². The molecule has 1 heterocycles. The summed E-state index contributed by atoms with van der Waals surface area (Å²) in [6.07, 6.45) is 1.26. The third-order valence-electron chi connectivity index (χ3n) is 3.13. The van der Waals surface area contributed by atoms with Crippen LogP contribution in [0.2, 0.25) is 0 Å². The fraction of sp³-hybridized carbons (Fsp3) is 0.222. The molecule has 6 heteroatoms. The van der Waals surface area contributed by atoms with Crippen molar-refractivity contribution in [1.29, 1.82) is 0 Å². The van der Waals surface area contributed by atoms with Gasteiger partial charge in [-0.1, -0.05) is 30.3 Å². The van der Waals surface area contributed by atoms with Crippen molar-refractivity contribution >= 4 is 17.7 Å². The number of ketones is 1.